The Hall–Kier alpha value is -1.94. The van der Waals surface area contributed by atoms with Crippen molar-refractivity contribution >= 4 is 0 Å². The number of rotatable bonds is 10. The van der Waals surface area contributed by atoms with Gasteiger partial charge in [0.15, 0.2) is 0 Å². The third-order valence-corrected chi connectivity index (χ3v) is 5.89. The first-order valence-electron chi connectivity index (χ1n) is 10.8. The number of allylic oxidation sites excluding steroid dienone is 1. The maximum absolute atomic E-state index is 11.1. The second-order valence-corrected chi connectivity index (χ2v) is 8.27. The van der Waals surface area contributed by atoms with Crippen molar-refractivity contribution in [2.45, 2.75) is 58.5 Å². The Labute approximate surface area is 175 Å². The van der Waals surface area contributed by atoms with Crippen LogP contribution in [-0.4, -0.2) is 23.9 Å². The minimum absolute atomic E-state index is 0.0728. The number of hydrogen-bond donors (Lipinski definition) is 1. The summed E-state index contributed by atoms with van der Waals surface area (Å²) in [6.45, 7) is 5.77. The van der Waals surface area contributed by atoms with Gasteiger partial charge in [0.25, 0.3) is 0 Å². The van der Waals surface area contributed by atoms with E-state index in [1.165, 1.54) is 12.0 Å². The second kappa shape index (κ2) is 11.3. The highest BCUT2D eigenvalue weighted by molar-refractivity contribution is 5.15. The molecule has 3 rings (SSSR count). The third kappa shape index (κ3) is 6.81. The van der Waals surface area contributed by atoms with Gasteiger partial charge in [-0.3, -0.25) is 0 Å². The van der Waals surface area contributed by atoms with Crippen LogP contribution >= 0.6 is 0 Å². The van der Waals surface area contributed by atoms with Crippen LogP contribution < -0.4 is 0 Å². The zero-order valence-corrected chi connectivity index (χ0v) is 17.7. The minimum atomic E-state index is -0.589. The summed E-state index contributed by atoms with van der Waals surface area (Å²) in [6.07, 6.45) is 4.73. The molecule has 0 saturated heterocycles. The topological polar surface area (TPSA) is 38.7 Å². The monoisotopic (exact) mass is 394 g/mol. The van der Waals surface area contributed by atoms with Crippen molar-refractivity contribution in [2.75, 3.05) is 6.61 Å². The molecule has 3 nitrogen and oxygen atoms in total. The zero-order valence-electron chi connectivity index (χ0n) is 17.7. The van der Waals surface area contributed by atoms with Crippen LogP contribution in [0.3, 0.4) is 0 Å². The smallest absolute Gasteiger partial charge is 0.108 e. The molecule has 4 atom stereocenters. The van der Waals surface area contributed by atoms with Crippen molar-refractivity contribution < 1.29 is 14.6 Å². The number of ether oxygens (including phenoxy) is 2. The van der Waals surface area contributed by atoms with E-state index in [2.05, 4.69) is 19.9 Å². The van der Waals surface area contributed by atoms with E-state index in [1.807, 2.05) is 60.7 Å². The molecule has 0 heterocycles. The highest BCUT2D eigenvalue weighted by Gasteiger charge is 2.29. The molecule has 1 N–H and O–H groups in total. The van der Waals surface area contributed by atoms with Crippen molar-refractivity contribution in [2.24, 2.45) is 11.8 Å². The van der Waals surface area contributed by atoms with Gasteiger partial charge in [-0.1, -0.05) is 86.2 Å². The molecule has 0 spiro atoms. The number of aliphatic hydroxyl groups excluding tert-OH is 1. The van der Waals surface area contributed by atoms with Gasteiger partial charge in [-0.25, -0.2) is 0 Å². The molecule has 1 aliphatic rings. The Morgan fingerprint density at radius 3 is 2.17 bits per heavy atom. The predicted molar refractivity (Wildman–Crippen MR) is 117 cm³/mol. The van der Waals surface area contributed by atoms with Crippen molar-refractivity contribution in [3.8, 4) is 0 Å². The molecule has 29 heavy (non-hydrogen) atoms. The van der Waals surface area contributed by atoms with E-state index in [-0.39, 0.29) is 12.0 Å². The normalized spacial score (nSPS) is 20.0. The minimum Gasteiger partial charge on any atom is -0.390 e. The van der Waals surface area contributed by atoms with Gasteiger partial charge in [0, 0.05) is 5.92 Å². The number of benzene rings is 2. The lowest BCUT2D eigenvalue weighted by molar-refractivity contribution is -0.100. The molecule has 0 aliphatic heterocycles. The summed E-state index contributed by atoms with van der Waals surface area (Å²) >= 11 is 0. The van der Waals surface area contributed by atoms with Gasteiger partial charge in [-0.05, 0) is 36.3 Å². The van der Waals surface area contributed by atoms with Gasteiger partial charge in [-0.15, -0.1) is 0 Å². The Morgan fingerprint density at radius 1 is 0.966 bits per heavy atom. The maximum Gasteiger partial charge on any atom is 0.108 e. The molecule has 0 amide bonds. The van der Waals surface area contributed by atoms with Crippen molar-refractivity contribution in [3.63, 3.8) is 0 Å². The van der Waals surface area contributed by atoms with E-state index in [4.69, 9.17) is 9.47 Å². The lowest BCUT2D eigenvalue weighted by atomic mass is 9.82. The Morgan fingerprint density at radius 2 is 1.59 bits per heavy atom. The predicted octanol–water partition coefficient (Wildman–Crippen LogP) is 5.53. The van der Waals surface area contributed by atoms with Gasteiger partial charge in [-0.2, -0.15) is 0 Å². The summed E-state index contributed by atoms with van der Waals surface area (Å²) in [5.74, 6) is 0.811. The van der Waals surface area contributed by atoms with E-state index < -0.39 is 6.10 Å². The number of hydrogen-bond acceptors (Lipinski definition) is 3. The Kier molecular flexibility index (Phi) is 8.48. The zero-order chi connectivity index (χ0) is 20.5. The molecule has 2 aromatic carbocycles. The third-order valence-electron chi connectivity index (χ3n) is 5.89. The van der Waals surface area contributed by atoms with E-state index in [9.17, 15) is 5.11 Å². The van der Waals surface area contributed by atoms with Gasteiger partial charge >= 0.3 is 0 Å². The summed E-state index contributed by atoms with van der Waals surface area (Å²) in [5.41, 5.74) is 3.58. The van der Waals surface area contributed by atoms with Crippen molar-refractivity contribution in [1.82, 2.24) is 0 Å². The summed E-state index contributed by atoms with van der Waals surface area (Å²) in [7, 11) is 0. The van der Waals surface area contributed by atoms with Gasteiger partial charge in [0.1, 0.15) is 6.10 Å². The van der Waals surface area contributed by atoms with Crippen LogP contribution in [0.5, 0.6) is 0 Å². The number of aliphatic hydroxyl groups is 1. The van der Waals surface area contributed by atoms with Crippen LogP contribution in [0.2, 0.25) is 0 Å². The lowest BCUT2D eigenvalue weighted by Crippen LogP contribution is -2.39. The van der Waals surface area contributed by atoms with Gasteiger partial charge in [0.2, 0.25) is 0 Å². The summed E-state index contributed by atoms with van der Waals surface area (Å²) in [6, 6.07) is 20.2. The first-order chi connectivity index (χ1) is 14.1. The van der Waals surface area contributed by atoms with Crippen LogP contribution in [0.4, 0.5) is 0 Å². The summed E-state index contributed by atoms with van der Waals surface area (Å²) in [4.78, 5) is 0. The fourth-order valence-electron chi connectivity index (χ4n) is 3.83. The van der Waals surface area contributed by atoms with Crippen LogP contribution in [0.1, 0.15) is 44.2 Å². The molecular weight excluding hydrogens is 360 g/mol. The molecule has 0 unspecified atom stereocenters. The molecule has 0 saturated carbocycles. The lowest BCUT2D eigenvalue weighted by Gasteiger charge is -2.31. The van der Waals surface area contributed by atoms with Crippen LogP contribution in [0, 0.1) is 11.8 Å². The highest BCUT2D eigenvalue weighted by atomic mass is 16.5. The van der Waals surface area contributed by atoms with E-state index in [1.54, 1.807) is 0 Å². The van der Waals surface area contributed by atoms with Gasteiger partial charge in [0.05, 0.1) is 25.9 Å². The quantitative estimate of drug-likeness (QED) is 0.538. The molecule has 0 aromatic heterocycles. The van der Waals surface area contributed by atoms with E-state index in [0.29, 0.717) is 19.8 Å². The average molecular weight is 395 g/mol. The largest absolute Gasteiger partial charge is 0.390 e. The first kappa shape index (κ1) is 21.8. The average Bonchev–Trinajstić information content (AvgIpc) is 2.77. The second-order valence-electron chi connectivity index (χ2n) is 8.27. The standard InChI is InChI=1S/C26H34O3/c1-20-13-15-24(16-14-20)21(2)26(27)25(29-18-23-11-7-4-8-12-23)19-28-17-22-9-5-3-6-10-22/h3-12,15,20-21,25-27H,13-14,16-19H2,1-2H3/t20-,21+,25+,26+/m0/s1. The molecule has 156 valence electrons. The molecular formula is C26H34O3. The van der Waals surface area contributed by atoms with Crippen molar-refractivity contribution in [3.05, 3.63) is 83.4 Å². The SMILES string of the molecule is C[C@H]1CC=C([C@@H](C)[C@@H](O)[C@@H](COCc2ccccc2)OCc2ccccc2)CC1. The maximum atomic E-state index is 11.1. The highest BCUT2D eigenvalue weighted by Crippen LogP contribution is 2.31. The molecule has 2 aromatic rings. The van der Waals surface area contributed by atoms with Crippen molar-refractivity contribution in [1.29, 1.82) is 0 Å². The molecule has 0 bridgehead atoms. The summed E-state index contributed by atoms with van der Waals surface area (Å²) in [5, 5.41) is 11.1. The Balaban J connectivity index is 1.61. The fraction of sp³-hybridized carbons (Fsp3) is 0.462. The molecule has 0 radical (unpaired) electrons. The Bertz CT molecular complexity index is 741. The van der Waals surface area contributed by atoms with Crippen LogP contribution in [0.15, 0.2) is 72.3 Å². The van der Waals surface area contributed by atoms with E-state index >= 15 is 0 Å². The molecule has 0 fully saturated rings. The van der Waals surface area contributed by atoms with Gasteiger partial charge < -0.3 is 14.6 Å². The first-order valence-corrected chi connectivity index (χ1v) is 10.8. The van der Waals surface area contributed by atoms with Crippen LogP contribution in [0.25, 0.3) is 0 Å². The summed E-state index contributed by atoms with van der Waals surface area (Å²) < 4.78 is 12.1. The molecule has 1 aliphatic carbocycles. The molecule has 3 heteroatoms. The fourth-order valence-corrected chi connectivity index (χ4v) is 3.83. The van der Waals surface area contributed by atoms with Crippen LogP contribution in [-0.2, 0) is 22.7 Å². The van der Waals surface area contributed by atoms with E-state index in [0.717, 1.165) is 29.9 Å².